The van der Waals surface area contributed by atoms with Crippen molar-refractivity contribution >= 4 is 5.69 Å². The summed E-state index contributed by atoms with van der Waals surface area (Å²) in [4.78, 5) is 8.17. The first-order valence-corrected chi connectivity index (χ1v) is 6.60. The van der Waals surface area contributed by atoms with Crippen LogP contribution in [0.3, 0.4) is 0 Å². The fourth-order valence-electron chi connectivity index (χ4n) is 1.84. The molecule has 2 N–H and O–H groups in total. The Balaban J connectivity index is 1.59. The zero-order chi connectivity index (χ0) is 13.3. The number of pyridine rings is 2. The maximum atomic E-state index is 4.09. The fraction of sp³-hybridized carbons (Fsp3) is 0.333. The van der Waals surface area contributed by atoms with Gasteiger partial charge in [0.2, 0.25) is 0 Å². The van der Waals surface area contributed by atoms with Gasteiger partial charge in [0.1, 0.15) is 0 Å². The average molecular weight is 256 g/mol. The first-order valence-electron chi connectivity index (χ1n) is 6.60. The van der Waals surface area contributed by atoms with Gasteiger partial charge in [-0.2, -0.15) is 0 Å². The van der Waals surface area contributed by atoms with Crippen LogP contribution in [0.5, 0.6) is 0 Å². The van der Waals surface area contributed by atoms with E-state index in [-0.39, 0.29) is 0 Å². The number of hydrogen-bond donors (Lipinski definition) is 2. The molecule has 2 heterocycles. The van der Waals surface area contributed by atoms with Crippen molar-refractivity contribution in [1.82, 2.24) is 15.3 Å². The Morgan fingerprint density at radius 1 is 1.05 bits per heavy atom. The minimum atomic E-state index is 0.877. The standard InChI is InChI=1S/C15H20N4/c1-13-10-18-9-5-15(13)19-8-3-7-17-12-14-4-2-6-16-11-14/h2,4-6,9-11,17H,3,7-8,12H2,1H3,(H,18,19). The van der Waals surface area contributed by atoms with Crippen LogP contribution in [0.25, 0.3) is 0 Å². The second kappa shape index (κ2) is 7.48. The van der Waals surface area contributed by atoms with Crippen LogP contribution in [0.15, 0.2) is 43.0 Å². The van der Waals surface area contributed by atoms with Crippen LogP contribution in [-0.4, -0.2) is 23.1 Å². The lowest BCUT2D eigenvalue weighted by Gasteiger charge is -2.09. The summed E-state index contributed by atoms with van der Waals surface area (Å²) in [5, 5.41) is 6.83. The monoisotopic (exact) mass is 256 g/mol. The minimum Gasteiger partial charge on any atom is -0.385 e. The van der Waals surface area contributed by atoms with Crippen LogP contribution in [0.2, 0.25) is 0 Å². The maximum absolute atomic E-state index is 4.09. The smallest absolute Gasteiger partial charge is 0.0400 e. The van der Waals surface area contributed by atoms with E-state index >= 15 is 0 Å². The molecule has 2 rings (SSSR count). The molecule has 0 saturated carbocycles. The van der Waals surface area contributed by atoms with Crippen molar-refractivity contribution in [1.29, 1.82) is 0 Å². The summed E-state index contributed by atoms with van der Waals surface area (Å²) < 4.78 is 0. The van der Waals surface area contributed by atoms with Crippen molar-refractivity contribution in [2.24, 2.45) is 0 Å². The minimum absolute atomic E-state index is 0.877. The van der Waals surface area contributed by atoms with Crippen molar-refractivity contribution in [3.63, 3.8) is 0 Å². The van der Waals surface area contributed by atoms with Gasteiger partial charge in [0, 0.05) is 43.6 Å². The Hall–Kier alpha value is -1.94. The molecule has 100 valence electrons. The molecule has 0 atom stereocenters. The number of nitrogens with one attached hydrogen (secondary N) is 2. The molecule has 19 heavy (non-hydrogen) atoms. The number of anilines is 1. The van der Waals surface area contributed by atoms with Crippen LogP contribution in [0.1, 0.15) is 17.5 Å². The highest BCUT2D eigenvalue weighted by Gasteiger charge is 1.96. The summed E-state index contributed by atoms with van der Waals surface area (Å²) in [6.07, 6.45) is 8.47. The van der Waals surface area contributed by atoms with Gasteiger partial charge in [0.15, 0.2) is 0 Å². The topological polar surface area (TPSA) is 49.8 Å². The summed E-state index contributed by atoms with van der Waals surface area (Å²) in [6, 6.07) is 6.06. The normalized spacial score (nSPS) is 10.4. The largest absolute Gasteiger partial charge is 0.385 e. The Labute approximate surface area is 114 Å². The quantitative estimate of drug-likeness (QED) is 0.747. The molecule has 0 amide bonds. The summed E-state index contributed by atoms with van der Waals surface area (Å²) in [5.74, 6) is 0. The summed E-state index contributed by atoms with van der Waals surface area (Å²) >= 11 is 0. The van der Waals surface area contributed by atoms with Crippen LogP contribution < -0.4 is 10.6 Å². The Morgan fingerprint density at radius 2 is 1.95 bits per heavy atom. The van der Waals surface area contributed by atoms with Crippen LogP contribution in [-0.2, 0) is 6.54 Å². The highest BCUT2D eigenvalue weighted by Crippen LogP contribution is 2.10. The zero-order valence-electron chi connectivity index (χ0n) is 11.3. The molecule has 0 fully saturated rings. The van der Waals surface area contributed by atoms with Crippen molar-refractivity contribution in [3.05, 3.63) is 54.1 Å². The molecule has 0 aliphatic heterocycles. The van der Waals surface area contributed by atoms with Gasteiger partial charge in [-0.15, -0.1) is 0 Å². The third-order valence-electron chi connectivity index (χ3n) is 2.92. The molecule has 0 aliphatic rings. The lowest BCUT2D eigenvalue weighted by molar-refractivity contribution is 0.662. The first kappa shape index (κ1) is 13.5. The molecule has 2 aromatic heterocycles. The second-order valence-electron chi connectivity index (χ2n) is 4.51. The van der Waals surface area contributed by atoms with Gasteiger partial charge in [0.25, 0.3) is 0 Å². The highest BCUT2D eigenvalue weighted by atomic mass is 14.9. The molecule has 0 unspecified atom stereocenters. The van der Waals surface area contributed by atoms with E-state index in [9.17, 15) is 0 Å². The Kier molecular flexibility index (Phi) is 5.31. The fourth-order valence-corrected chi connectivity index (χ4v) is 1.84. The van der Waals surface area contributed by atoms with Gasteiger partial charge in [0.05, 0.1) is 0 Å². The molecule has 0 aliphatic carbocycles. The number of nitrogens with zero attached hydrogens (tertiary/aromatic N) is 2. The first-order chi connectivity index (χ1) is 9.36. The van der Waals surface area contributed by atoms with Crippen molar-refractivity contribution in [2.75, 3.05) is 18.4 Å². The second-order valence-corrected chi connectivity index (χ2v) is 4.51. The lowest BCUT2D eigenvalue weighted by Crippen LogP contribution is -2.17. The van der Waals surface area contributed by atoms with Gasteiger partial charge in [-0.1, -0.05) is 6.07 Å². The summed E-state index contributed by atoms with van der Waals surface area (Å²) in [6.45, 7) is 4.90. The average Bonchev–Trinajstić information content (AvgIpc) is 2.45. The predicted octanol–water partition coefficient (Wildman–Crippen LogP) is 2.38. The molecule has 4 heteroatoms. The third-order valence-corrected chi connectivity index (χ3v) is 2.92. The molecule has 0 radical (unpaired) electrons. The molecule has 4 nitrogen and oxygen atoms in total. The van der Waals surface area contributed by atoms with E-state index in [0.29, 0.717) is 0 Å². The van der Waals surface area contributed by atoms with E-state index in [4.69, 9.17) is 0 Å². The molecule has 0 saturated heterocycles. The molecule has 2 aromatic rings. The number of rotatable bonds is 7. The maximum Gasteiger partial charge on any atom is 0.0400 e. The van der Waals surface area contributed by atoms with Crippen molar-refractivity contribution < 1.29 is 0 Å². The highest BCUT2D eigenvalue weighted by molar-refractivity contribution is 5.48. The zero-order valence-corrected chi connectivity index (χ0v) is 11.3. The Bertz CT molecular complexity index is 485. The molecule has 0 bridgehead atoms. The molecular weight excluding hydrogens is 236 g/mol. The van der Waals surface area contributed by atoms with Gasteiger partial charge in [-0.05, 0) is 43.1 Å². The van der Waals surface area contributed by atoms with E-state index in [2.05, 4.69) is 33.6 Å². The van der Waals surface area contributed by atoms with Crippen LogP contribution in [0.4, 0.5) is 5.69 Å². The van der Waals surface area contributed by atoms with Crippen LogP contribution in [0, 0.1) is 6.92 Å². The molecule has 0 aromatic carbocycles. The predicted molar refractivity (Wildman–Crippen MR) is 78.0 cm³/mol. The van der Waals surface area contributed by atoms with E-state index in [1.807, 2.05) is 30.7 Å². The Morgan fingerprint density at radius 3 is 2.74 bits per heavy atom. The van der Waals surface area contributed by atoms with E-state index in [0.717, 1.165) is 26.1 Å². The summed E-state index contributed by atoms with van der Waals surface area (Å²) in [7, 11) is 0. The third kappa shape index (κ3) is 4.67. The number of aromatic nitrogens is 2. The summed E-state index contributed by atoms with van der Waals surface area (Å²) in [5.41, 5.74) is 3.58. The van der Waals surface area contributed by atoms with Gasteiger partial charge in [-0.25, -0.2) is 0 Å². The number of aryl methyl sites for hydroxylation is 1. The van der Waals surface area contributed by atoms with Gasteiger partial charge in [-0.3, -0.25) is 9.97 Å². The van der Waals surface area contributed by atoms with E-state index in [1.165, 1.54) is 16.8 Å². The van der Waals surface area contributed by atoms with E-state index in [1.54, 1.807) is 6.20 Å². The molecular formula is C15H20N4. The van der Waals surface area contributed by atoms with Gasteiger partial charge >= 0.3 is 0 Å². The number of hydrogen-bond acceptors (Lipinski definition) is 4. The van der Waals surface area contributed by atoms with E-state index < -0.39 is 0 Å². The van der Waals surface area contributed by atoms with Crippen molar-refractivity contribution in [3.8, 4) is 0 Å². The lowest BCUT2D eigenvalue weighted by atomic mass is 10.2. The van der Waals surface area contributed by atoms with Gasteiger partial charge < -0.3 is 10.6 Å². The molecule has 0 spiro atoms. The SMILES string of the molecule is Cc1cnccc1NCCCNCc1cccnc1. The van der Waals surface area contributed by atoms with Crippen molar-refractivity contribution in [2.45, 2.75) is 19.9 Å². The van der Waals surface area contributed by atoms with Crippen LogP contribution >= 0.6 is 0 Å².